The molecule has 2 rings (SSSR count). The van der Waals surface area contributed by atoms with E-state index in [9.17, 15) is 17.6 Å². The van der Waals surface area contributed by atoms with Gasteiger partial charge in [0.1, 0.15) is 11.6 Å². The Labute approximate surface area is 119 Å². The maximum atomic E-state index is 13.0. The third-order valence-electron chi connectivity index (χ3n) is 2.73. The molecule has 0 aromatic heterocycles. The Bertz CT molecular complexity index is 598. The minimum atomic E-state index is -4.72. The van der Waals surface area contributed by atoms with Gasteiger partial charge in [-0.3, -0.25) is 0 Å². The molecule has 0 spiro atoms. The lowest BCUT2D eigenvalue weighted by Crippen LogP contribution is -2.20. The molecular formula is C15H13F4NO. The summed E-state index contributed by atoms with van der Waals surface area (Å²) in [5.41, 5.74) is 1.09. The van der Waals surface area contributed by atoms with Gasteiger partial charge in [-0.1, -0.05) is 30.3 Å². The van der Waals surface area contributed by atoms with Crippen molar-refractivity contribution in [3.05, 3.63) is 65.5 Å². The summed E-state index contributed by atoms with van der Waals surface area (Å²) >= 11 is 0. The average molecular weight is 299 g/mol. The molecule has 0 aliphatic rings. The Morgan fingerprint density at radius 1 is 0.952 bits per heavy atom. The minimum absolute atomic E-state index is 0.183. The fourth-order valence-electron chi connectivity index (χ4n) is 1.86. The lowest BCUT2D eigenvalue weighted by molar-refractivity contribution is -0.274. The van der Waals surface area contributed by atoms with Crippen molar-refractivity contribution < 1.29 is 22.3 Å². The number of alkyl halides is 3. The SMILES string of the molecule is Fc1cccc(CNCc2ccccc2OC(F)(F)F)c1. The van der Waals surface area contributed by atoms with Crippen LogP contribution in [0.2, 0.25) is 0 Å². The predicted molar refractivity (Wildman–Crippen MR) is 70.1 cm³/mol. The summed E-state index contributed by atoms with van der Waals surface area (Å²) in [6.45, 7) is 0.529. The third kappa shape index (κ3) is 5.07. The van der Waals surface area contributed by atoms with E-state index in [1.807, 2.05) is 0 Å². The second kappa shape index (κ2) is 6.58. The van der Waals surface area contributed by atoms with E-state index >= 15 is 0 Å². The van der Waals surface area contributed by atoms with Crippen LogP contribution < -0.4 is 10.1 Å². The summed E-state index contributed by atoms with van der Waals surface area (Å²) in [5, 5.41) is 2.96. The number of ether oxygens (including phenoxy) is 1. The molecule has 2 aromatic carbocycles. The molecule has 6 heteroatoms. The molecule has 0 saturated carbocycles. The van der Waals surface area contributed by atoms with E-state index in [0.29, 0.717) is 17.7 Å². The molecule has 0 aliphatic carbocycles. The van der Waals surface area contributed by atoms with E-state index in [0.717, 1.165) is 0 Å². The predicted octanol–water partition coefficient (Wildman–Crippen LogP) is 4.01. The van der Waals surface area contributed by atoms with E-state index in [4.69, 9.17) is 0 Å². The third-order valence-corrected chi connectivity index (χ3v) is 2.73. The number of hydrogen-bond acceptors (Lipinski definition) is 2. The number of benzene rings is 2. The molecule has 0 heterocycles. The van der Waals surface area contributed by atoms with Crippen LogP contribution in [0.4, 0.5) is 17.6 Å². The molecule has 0 unspecified atom stereocenters. The van der Waals surface area contributed by atoms with Crippen LogP contribution in [-0.4, -0.2) is 6.36 Å². The van der Waals surface area contributed by atoms with E-state index in [-0.39, 0.29) is 18.1 Å². The van der Waals surface area contributed by atoms with Gasteiger partial charge < -0.3 is 10.1 Å². The first-order valence-electron chi connectivity index (χ1n) is 6.23. The lowest BCUT2D eigenvalue weighted by atomic mass is 10.2. The molecule has 0 bridgehead atoms. The molecule has 2 aromatic rings. The van der Waals surface area contributed by atoms with Crippen molar-refractivity contribution in [3.8, 4) is 5.75 Å². The molecule has 0 saturated heterocycles. The van der Waals surface area contributed by atoms with Crippen molar-refractivity contribution in [3.63, 3.8) is 0 Å². The van der Waals surface area contributed by atoms with Gasteiger partial charge in [0.2, 0.25) is 0 Å². The van der Waals surface area contributed by atoms with E-state index in [2.05, 4.69) is 10.1 Å². The van der Waals surface area contributed by atoms with Gasteiger partial charge in [0.25, 0.3) is 0 Å². The summed E-state index contributed by atoms with van der Waals surface area (Å²) < 4.78 is 53.8. The quantitative estimate of drug-likeness (QED) is 0.842. The number of para-hydroxylation sites is 1. The smallest absolute Gasteiger partial charge is 0.405 e. The van der Waals surface area contributed by atoms with Crippen molar-refractivity contribution in [1.82, 2.24) is 5.32 Å². The maximum absolute atomic E-state index is 13.0. The summed E-state index contributed by atoms with van der Waals surface area (Å²) in [6, 6.07) is 11.9. The second-order valence-corrected chi connectivity index (χ2v) is 4.39. The van der Waals surface area contributed by atoms with Crippen LogP contribution in [-0.2, 0) is 13.1 Å². The van der Waals surface area contributed by atoms with Crippen LogP contribution in [0.5, 0.6) is 5.75 Å². The highest BCUT2D eigenvalue weighted by Gasteiger charge is 2.31. The monoisotopic (exact) mass is 299 g/mol. The molecule has 2 nitrogen and oxygen atoms in total. The first-order chi connectivity index (χ1) is 9.94. The zero-order valence-corrected chi connectivity index (χ0v) is 11.0. The number of rotatable bonds is 5. The molecule has 0 aliphatic heterocycles. The van der Waals surface area contributed by atoms with Crippen LogP contribution in [0.1, 0.15) is 11.1 Å². The average Bonchev–Trinajstić information content (AvgIpc) is 2.39. The number of nitrogens with one attached hydrogen (secondary N) is 1. The van der Waals surface area contributed by atoms with Crippen molar-refractivity contribution in [2.75, 3.05) is 0 Å². The van der Waals surface area contributed by atoms with Gasteiger partial charge in [-0.15, -0.1) is 13.2 Å². The van der Waals surface area contributed by atoms with E-state index < -0.39 is 6.36 Å². The Morgan fingerprint density at radius 2 is 1.71 bits per heavy atom. The first kappa shape index (κ1) is 15.3. The molecule has 21 heavy (non-hydrogen) atoms. The zero-order chi connectivity index (χ0) is 15.3. The van der Waals surface area contributed by atoms with Gasteiger partial charge >= 0.3 is 6.36 Å². The van der Waals surface area contributed by atoms with Crippen LogP contribution in [0.25, 0.3) is 0 Å². The van der Waals surface area contributed by atoms with Crippen molar-refractivity contribution in [2.24, 2.45) is 0 Å². The lowest BCUT2D eigenvalue weighted by Gasteiger charge is -2.13. The number of halogens is 4. The molecule has 0 atom stereocenters. The van der Waals surface area contributed by atoms with Gasteiger partial charge in [-0.2, -0.15) is 0 Å². The summed E-state index contributed by atoms with van der Waals surface area (Å²) in [5.74, 6) is -0.591. The topological polar surface area (TPSA) is 21.3 Å². The Balaban J connectivity index is 1.97. The van der Waals surface area contributed by atoms with Crippen LogP contribution in [0.15, 0.2) is 48.5 Å². The molecular weight excluding hydrogens is 286 g/mol. The van der Waals surface area contributed by atoms with Gasteiger partial charge in [-0.05, 0) is 23.8 Å². The summed E-state index contributed by atoms with van der Waals surface area (Å²) in [4.78, 5) is 0. The minimum Gasteiger partial charge on any atom is -0.405 e. The summed E-state index contributed by atoms with van der Waals surface area (Å²) in [6.07, 6.45) is -4.72. The van der Waals surface area contributed by atoms with Gasteiger partial charge in [-0.25, -0.2) is 4.39 Å². The highest BCUT2D eigenvalue weighted by Crippen LogP contribution is 2.26. The Morgan fingerprint density at radius 3 is 2.43 bits per heavy atom. The van der Waals surface area contributed by atoms with Crippen LogP contribution in [0, 0.1) is 5.82 Å². The number of hydrogen-bond donors (Lipinski definition) is 1. The van der Waals surface area contributed by atoms with Crippen LogP contribution in [0.3, 0.4) is 0 Å². The zero-order valence-electron chi connectivity index (χ0n) is 11.0. The molecule has 0 fully saturated rings. The normalized spacial score (nSPS) is 11.4. The second-order valence-electron chi connectivity index (χ2n) is 4.39. The van der Waals surface area contributed by atoms with Gasteiger partial charge in [0.05, 0.1) is 0 Å². The highest BCUT2D eigenvalue weighted by atomic mass is 19.4. The van der Waals surface area contributed by atoms with E-state index in [1.165, 1.54) is 24.3 Å². The largest absolute Gasteiger partial charge is 0.573 e. The van der Waals surface area contributed by atoms with Crippen LogP contribution >= 0.6 is 0 Å². The van der Waals surface area contributed by atoms with E-state index in [1.54, 1.807) is 24.3 Å². The first-order valence-corrected chi connectivity index (χ1v) is 6.23. The maximum Gasteiger partial charge on any atom is 0.573 e. The summed E-state index contributed by atoms with van der Waals surface area (Å²) in [7, 11) is 0. The highest BCUT2D eigenvalue weighted by molar-refractivity contribution is 5.33. The Kier molecular flexibility index (Phi) is 4.80. The standard InChI is InChI=1S/C15H13F4NO/c16-13-6-3-4-11(8-13)9-20-10-12-5-1-2-7-14(12)21-15(17,18)19/h1-8,20H,9-10H2. The van der Waals surface area contributed by atoms with Crippen molar-refractivity contribution in [1.29, 1.82) is 0 Å². The van der Waals surface area contributed by atoms with Crippen molar-refractivity contribution >= 4 is 0 Å². The molecule has 1 N–H and O–H groups in total. The van der Waals surface area contributed by atoms with Crippen molar-refractivity contribution in [2.45, 2.75) is 19.5 Å². The molecule has 0 amide bonds. The van der Waals surface area contributed by atoms with Gasteiger partial charge in [0.15, 0.2) is 0 Å². The van der Waals surface area contributed by atoms with Gasteiger partial charge in [0, 0.05) is 18.7 Å². The molecule has 112 valence electrons. The fourth-order valence-corrected chi connectivity index (χ4v) is 1.86. The molecule has 0 radical (unpaired) electrons. The fraction of sp³-hybridized carbons (Fsp3) is 0.200. The Hall–Kier alpha value is -2.08.